The predicted octanol–water partition coefficient (Wildman–Crippen LogP) is 5.48. The molecule has 1 saturated carbocycles. The molecule has 1 aliphatic carbocycles. The van der Waals surface area contributed by atoms with Crippen molar-refractivity contribution in [2.24, 2.45) is 5.92 Å². The highest BCUT2D eigenvalue weighted by Crippen LogP contribution is 2.37. The van der Waals surface area contributed by atoms with Crippen molar-refractivity contribution < 1.29 is 0 Å². The molecule has 1 aliphatic rings. The first-order chi connectivity index (χ1) is 10.0. The number of nitrogens with one attached hydrogen (secondary N) is 1. The third-order valence-corrected chi connectivity index (χ3v) is 5.15. The van der Waals surface area contributed by atoms with Gasteiger partial charge in [0, 0.05) is 12.5 Å². The molecule has 0 aromatic carbocycles. The van der Waals surface area contributed by atoms with E-state index in [1.54, 1.807) is 0 Å². The van der Waals surface area contributed by atoms with Crippen LogP contribution in [-0.4, -0.2) is 16.5 Å². The number of halogens is 1. The second kappa shape index (κ2) is 7.57. The Labute approximate surface area is 137 Å². The summed E-state index contributed by atoms with van der Waals surface area (Å²) in [5.41, 5.74) is 1.14. The first kappa shape index (κ1) is 16.7. The second-order valence-electron chi connectivity index (χ2n) is 6.67. The molecule has 0 saturated heterocycles. The zero-order valence-corrected chi connectivity index (χ0v) is 15.3. The van der Waals surface area contributed by atoms with Gasteiger partial charge < -0.3 is 5.32 Å². The molecule has 4 heteroatoms. The van der Waals surface area contributed by atoms with Crippen molar-refractivity contribution in [1.29, 1.82) is 0 Å². The maximum atomic E-state index is 4.89. The van der Waals surface area contributed by atoms with E-state index in [0.29, 0.717) is 11.8 Å². The Morgan fingerprint density at radius 2 is 1.86 bits per heavy atom. The van der Waals surface area contributed by atoms with Crippen molar-refractivity contribution in [2.75, 3.05) is 11.9 Å². The van der Waals surface area contributed by atoms with Crippen LogP contribution in [0.25, 0.3) is 0 Å². The number of hydrogen-bond acceptors (Lipinski definition) is 3. The molecule has 0 atom stereocenters. The van der Waals surface area contributed by atoms with Gasteiger partial charge in [-0.25, -0.2) is 9.97 Å². The first-order valence-electron chi connectivity index (χ1n) is 8.34. The fraction of sp³-hybridized carbons (Fsp3) is 0.765. The minimum atomic E-state index is 0.408. The maximum absolute atomic E-state index is 4.89. The van der Waals surface area contributed by atoms with Gasteiger partial charge in [0.05, 0.1) is 10.2 Å². The zero-order chi connectivity index (χ0) is 15.4. The van der Waals surface area contributed by atoms with Gasteiger partial charge in [0.15, 0.2) is 0 Å². The summed E-state index contributed by atoms with van der Waals surface area (Å²) < 4.78 is 1.04. The molecule has 1 aromatic rings. The average Bonchev–Trinajstić information content (AvgIpc) is 2.47. The highest BCUT2D eigenvalue weighted by molar-refractivity contribution is 9.10. The molecule has 0 radical (unpaired) electrons. The van der Waals surface area contributed by atoms with Crippen LogP contribution in [0.5, 0.6) is 0 Å². The van der Waals surface area contributed by atoms with E-state index in [1.807, 2.05) is 0 Å². The SMILES string of the molecule is CCCNc1nc(C2CCC(C)CC2)nc(C(C)C)c1Br. The lowest BCUT2D eigenvalue weighted by atomic mass is 9.82. The fourth-order valence-electron chi connectivity index (χ4n) is 2.93. The van der Waals surface area contributed by atoms with E-state index in [1.165, 1.54) is 25.7 Å². The monoisotopic (exact) mass is 353 g/mol. The van der Waals surface area contributed by atoms with Crippen molar-refractivity contribution in [3.8, 4) is 0 Å². The molecule has 0 aliphatic heterocycles. The smallest absolute Gasteiger partial charge is 0.144 e. The Hall–Kier alpha value is -0.640. The summed E-state index contributed by atoms with van der Waals surface area (Å²) in [6, 6.07) is 0. The average molecular weight is 354 g/mol. The van der Waals surface area contributed by atoms with Gasteiger partial charge in [-0.05, 0) is 47.0 Å². The molecule has 1 fully saturated rings. The van der Waals surface area contributed by atoms with E-state index < -0.39 is 0 Å². The summed E-state index contributed by atoms with van der Waals surface area (Å²) in [5, 5.41) is 3.45. The standard InChI is InChI=1S/C17H28BrN3/c1-5-10-19-17-14(18)15(11(2)3)20-16(21-17)13-8-6-12(4)7-9-13/h11-13H,5-10H2,1-4H3,(H,19,20,21). The molecule has 0 bridgehead atoms. The quantitative estimate of drug-likeness (QED) is 0.761. The highest BCUT2D eigenvalue weighted by atomic mass is 79.9. The number of nitrogens with zero attached hydrogens (tertiary/aromatic N) is 2. The Morgan fingerprint density at radius 1 is 1.19 bits per heavy atom. The highest BCUT2D eigenvalue weighted by Gasteiger charge is 2.24. The maximum Gasteiger partial charge on any atom is 0.144 e. The fourth-order valence-corrected chi connectivity index (χ4v) is 3.70. The van der Waals surface area contributed by atoms with Crippen LogP contribution in [0.3, 0.4) is 0 Å². The van der Waals surface area contributed by atoms with Gasteiger partial charge >= 0.3 is 0 Å². The lowest BCUT2D eigenvalue weighted by Gasteiger charge is -2.26. The van der Waals surface area contributed by atoms with E-state index >= 15 is 0 Å². The van der Waals surface area contributed by atoms with Gasteiger partial charge in [0.25, 0.3) is 0 Å². The van der Waals surface area contributed by atoms with E-state index in [2.05, 4.69) is 48.9 Å². The summed E-state index contributed by atoms with van der Waals surface area (Å²) >= 11 is 3.69. The molecule has 21 heavy (non-hydrogen) atoms. The number of hydrogen-bond donors (Lipinski definition) is 1. The summed E-state index contributed by atoms with van der Waals surface area (Å²) in [4.78, 5) is 9.72. The lowest BCUT2D eigenvalue weighted by Crippen LogP contribution is -2.16. The Bertz CT molecular complexity index is 465. The van der Waals surface area contributed by atoms with Crippen molar-refractivity contribution >= 4 is 21.7 Å². The van der Waals surface area contributed by atoms with Crippen molar-refractivity contribution in [3.05, 3.63) is 16.0 Å². The molecule has 0 unspecified atom stereocenters. The van der Waals surface area contributed by atoms with Crippen LogP contribution in [0.2, 0.25) is 0 Å². The Kier molecular flexibility index (Phi) is 6.03. The molecule has 3 nitrogen and oxygen atoms in total. The topological polar surface area (TPSA) is 37.8 Å². The number of rotatable bonds is 5. The van der Waals surface area contributed by atoms with Gasteiger partial charge in [-0.15, -0.1) is 0 Å². The zero-order valence-electron chi connectivity index (χ0n) is 13.7. The Morgan fingerprint density at radius 3 is 2.43 bits per heavy atom. The molecule has 2 rings (SSSR count). The van der Waals surface area contributed by atoms with Crippen LogP contribution in [0, 0.1) is 5.92 Å². The van der Waals surface area contributed by atoms with E-state index in [0.717, 1.165) is 40.7 Å². The predicted molar refractivity (Wildman–Crippen MR) is 93.0 cm³/mol. The molecule has 1 heterocycles. The molecule has 0 spiro atoms. The van der Waals surface area contributed by atoms with Crippen LogP contribution >= 0.6 is 15.9 Å². The minimum Gasteiger partial charge on any atom is -0.369 e. The molecule has 1 aromatic heterocycles. The summed E-state index contributed by atoms with van der Waals surface area (Å²) in [6.45, 7) is 9.88. The van der Waals surface area contributed by atoms with Gasteiger partial charge in [-0.1, -0.05) is 40.5 Å². The molecule has 1 N–H and O–H groups in total. The minimum absolute atomic E-state index is 0.408. The normalized spacial score (nSPS) is 22.6. The number of aromatic nitrogens is 2. The molecule has 0 amide bonds. The summed E-state index contributed by atoms with van der Waals surface area (Å²) in [6.07, 6.45) is 6.17. The van der Waals surface area contributed by atoms with Gasteiger partial charge in [0.2, 0.25) is 0 Å². The summed E-state index contributed by atoms with van der Waals surface area (Å²) in [5.74, 6) is 3.83. The summed E-state index contributed by atoms with van der Waals surface area (Å²) in [7, 11) is 0. The van der Waals surface area contributed by atoms with Gasteiger partial charge in [-0.3, -0.25) is 0 Å². The van der Waals surface area contributed by atoms with E-state index in [9.17, 15) is 0 Å². The van der Waals surface area contributed by atoms with Crippen LogP contribution in [0.4, 0.5) is 5.82 Å². The van der Waals surface area contributed by atoms with E-state index in [4.69, 9.17) is 9.97 Å². The van der Waals surface area contributed by atoms with Crippen LogP contribution < -0.4 is 5.32 Å². The molecule has 118 valence electrons. The van der Waals surface area contributed by atoms with Crippen molar-refractivity contribution in [2.45, 2.75) is 71.6 Å². The molecular weight excluding hydrogens is 326 g/mol. The van der Waals surface area contributed by atoms with Crippen molar-refractivity contribution in [3.63, 3.8) is 0 Å². The third kappa shape index (κ3) is 4.18. The molecular formula is C17H28BrN3. The third-order valence-electron chi connectivity index (χ3n) is 4.36. The first-order valence-corrected chi connectivity index (χ1v) is 9.13. The van der Waals surface area contributed by atoms with Crippen LogP contribution in [0.1, 0.15) is 83.2 Å². The van der Waals surface area contributed by atoms with E-state index in [-0.39, 0.29) is 0 Å². The van der Waals surface area contributed by atoms with Crippen LogP contribution in [0.15, 0.2) is 4.47 Å². The Balaban J connectivity index is 2.29. The lowest BCUT2D eigenvalue weighted by molar-refractivity contribution is 0.339. The largest absolute Gasteiger partial charge is 0.369 e. The van der Waals surface area contributed by atoms with Crippen molar-refractivity contribution in [1.82, 2.24) is 9.97 Å². The van der Waals surface area contributed by atoms with Crippen LogP contribution in [-0.2, 0) is 0 Å². The second-order valence-corrected chi connectivity index (χ2v) is 7.46. The van der Waals surface area contributed by atoms with Gasteiger partial charge in [-0.2, -0.15) is 0 Å². The number of anilines is 1. The van der Waals surface area contributed by atoms with Gasteiger partial charge in [0.1, 0.15) is 11.6 Å².